The van der Waals surface area contributed by atoms with Crippen molar-refractivity contribution in [3.05, 3.63) is 59.5 Å². The zero-order valence-electron chi connectivity index (χ0n) is 16.5. The first-order chi connectivity index (χ1) is 14.4. The number of rotatable bonds is 3. The number of hydrogen-bond acceptors (Lipinski definition) is 4. The molecule has 0 unspecified atom stereocenters. The summed E-state index contributed by atoms with van der Waals surface area (Å²) in [6.07, 6.45) is -0.703. The van der Waals surface area contributed by atoms with E-state index in [4.69, 9.17) is 5.10 Å². The quantitative estimate of drug-likeness (QED) is 0.411. The Morgan fingerprint density at radius 2 is 1.90 bits per heavy atom. The molecule has 3 N–H and O–H groups in total. The molecule has 0 aliphatic carbocycles. The predicted octanol–water partition coefficient (Wildman–Crippen LogP) is 5.02. The number of halogens is 4. The van der Waals surface area contributed by atoms with Crippen LogP contribution >= 0.6 is 12.4 Å². The third kappa shape index (κ3) is 3.75. The number of fused-ring (bicyclic) bond motifs is 2. The first-order valence-electron chi connectivity index (χ1n) is 9.59. The van der Waals surface area contributed by atoms with Gasteiger partial charge in [0.25, 0.3) is 0 Å². The van der Waals surface area contributed by atoms with Crippen molar-refractivity contribution in [2.75, 3.05) is 11.9 Å². The largest absolute Gasteiger partial charge is 0.416 e. The molecule has 1 aliphatic heterocycles. The average molecular weight is 449 g/mol. The lowest BCUT2D eigenvalue weighted by Crippen LogP contribution is -2.28. The van der Waals surface area contributed by atoms with Crippen LogP contribution in [0.3, 0.4) is 0 Å². The molecule has 0 fully saturated rings. The van der Waals surface area contributed by atoms with Gasteiger partial charge in [-0.05, 0) is 42.8 Å². The molecule has 6 nitrogen and oxygen atoms in total. The molecule has 10 heteroatoms. The number of aromatic amines is 1. The molecule has 5 rings (SSSR count). The van der Waals surface area contributed by atoms with Crippen molar-refractivity contribution < 1.29 is 13.2 Å². The maximum Gasteiger partial charge on any atom is 0.416 e. The van der Waals surface area contributed by atoms with Gasteiger partial charge in [-0.1, -0.05) is 0 Å². The van der Waals surface area contributed by atoms with Gasteiger partial charge in [-0.25, -0.2) is 4.98 Å². The second kappa shape index (κ2) is 7.90. The standard InChI is InChI=1S/C21H19F3N6.ClH/c1-12-10-27-19-17(12)15(6-7-26-19)18-16-11-25-8-9-30(16)29-20(18)28-14-4-2-13(3-5-14)21(22,23)24;/h2-7,10,25H,8-9,11H2,1H3,(H,26,27)(H,28,29);1H. The van der Waals surface area contributed by atoms with Crippen LogP contribution in [-0.4, -0.2) is 26.3 Å². The van der Waals surface area contributed by atoms with Crippen LogP contribution in [0.5, 0.6) is 0 Å². The molecular formula is C21H20ClF3N6. The van der Waals surface area contributed by atoms with E-state index in [0.29, 0.717) is 18.1 Å². The summed E-state index contributed by atoms with van der Waals surface area (Å²) < 4.78 is 40.6. The fourth-order valence-corrected chi connectivity index (χ4v) is 3.93. The van der Waals surface area contributed by atoms with Crippen LogP contribution < -0.4 is 10.6 Å². The van der Waals surface area contributed by atoms with Crippen molar-refractivity contribution in [2.24, 2.45) is 0 Å². The maximum absolute atomic E-state index is 12.9. The van der Waals surface area contributed by atoms with Gasteiger partial charge in [-0.2, -0.15) is 18.3 Å². The number of nitrogens with one attached hydrogen (secondary N) is 3. The molecule has 31 heavy (non-hydrogen) atoms. The van der Waals surface area contributed by atoms with Crippen molar-refractivity contribution in [3.63, 3.8) is 0 Å². The molecule has 162 valence electrons. The van der Waals surface area contributed by atoms with E-state index in [9.17, 15) is 13.2 Å². The molecule has 1 aliphatic rings. The van der Waals surface area contributed by atoms with Crippen molar-refractivity contribution >= 4 is 34.9 Å². The highest BCUT2D eigenvalue weighted by Gasteiger charge is 2.30. The number of aryl methyl sites for hydroxylation is 1. The highest BCUT2D eigenvalue weighted by Crippen LogP contribution is 2.39. The fraction of sp³-hybridized carbons (Fsp3) is 0.238. The van der Waals surface area contributed by atoms with Gasteiger partial charge in [0.2, 0.25) is 0 Å². The number of benzene rings is 1. The van der Waals surface area contributed by atoms with Gasteiger partial charge >= 0.3 is 6.18 Å². The first kappa shape index (κ1) is 21.2. The molecule has 3 aromatic heterocycles. The summed E-state index contributed by atoms with van der Waals surface area (Å²) >= 11 is 0. The van der Waals surface area contributed by atoms with Gasteiger partial charge in [-0.15, -0.1) is 12.4 Å². The van der Waals surface area contributed by atoms with Gasteiger partial charge in [0.1, 0.15) is 5.65 Å². The Bertz CT molecular complexity index is 1230. The minimum Gasteiger partial charge on any atom is -0.346 e. The minimum absolute atomic E-state index is 0. The van der Waals surface area contributed by atoms with Crippen molar-refractivity contribution in [2.45, 2.75) is 26.2 Å². The van der Waals surface area contributed by atoms with Crippen LogP contribution in [-0.2, 0) is 19.3 Å². The van der Waals surface area contributed by atoms with Crippen LogP contribution in [0.1, 0.15) is 16.8 Å². The summed E-state index contributed by atoms with van der Waals surface area (Å²) in [6.45, 7) is 4.20. The molecule has 4 aromatic rings. The number of anilines is 2. The van der Waals surface area contributed by atoms with E-state index in [1.807, 2.05) is 23.9 Å². The topological polar surface area (TPSA) is 70.6 Å². The smallest absolute Gasteiger partial charge is 0.346 e. The number of alkyl halides is 3. The number of hydrogen-bond donors (Lipinski definition) is 3. The maximum atomic E-state index is 12.9. The molecule has 0 radical (unpaired) electrons. The Labute approximate surface area is 182 Å². The summed E-state index contributed by atoms with van der Waals surface area (Å²) in [7, 11) is 0. The molecule has 0 amide bonds. The number of pyridine rings is 1. The lowest BCUT2D eigenvalue weighted by Gasteiger charge is -2.16. The van der Waals surface area contributed by atoms with Gasteiger partial charge in [-0.3, -0.25) is 4.68 Å². The third-order valence-corrected chi connectivity index (χ3v) is 5.37. The van der Waals surface area contributed by atoms with Gasteiger partial charge < -0.3 is 15.6 Å². The van der Waals surface area contributed by atoms with E-state index in [0.717, 1.165) is 58.6 Å². The Kier molecular flexibility index (Phi) is 5.40. The number of nitrogens with zero attached hydrogens (tertiary/aromatic N) is 3. The molecule has 0 spiro atoms. The molecule has 0 bridgehead atoms. The van der Waals surface area contributed by atoms with Crippen molar-refractivity contribution in [1.82, 2.24) is 25.1 Å². The van der Waals surface area contributed by atoms with E-state index >= 15 is 0 Å². The molecular weight excluding hydrogens is 429 g/mol. The van der Waals surface area contributed by atoms with Crippen LogP contribution in [0.2, 0.25) is 0 Å². The summed E-state index contributed by atoms with van der Waals surface area (Å²) in [5.74, 6) is 0.613. The van der Waals surface area contributed by atoms with Gasteiger partial charge in [0, 0.05) is 47.7 Å². The summed E-state index contributed by atoms with van der Waals surface area (Å²) in [5, 5.41) is 12.3. The van der Waals surface area contributed by atoms with E-state index in [2.05, 4.69) is 20.6 Å². The van der Waals surface area contributed by atoms with E-state index < -0.39 is 11.7 Å². The minimum atomic E-state index is -4.36. The zero-order chi connectivity index (χ0) is 20.9. The Balaban J connectivity index is 0.00000231. The molecule has 0 saturated heterocycles. The Morgan fingerprint density at radius 3 is 2.65 bits per heavy atom. The zero-order valence-corrected chi connectivity index (χ0v) is 17.4. The molecule has 0 saturated carbocycles. The summed E-state index contributed by atoms with van der Waals surface area (Å²) in [5.41, 5.74) is 4.66. The number of H-pyrrole nitrogens is 1. The molecule has 1 aromatic carbocycles. The normalized spacial score (nSPS) is 13.7. The van der Waals surface area contributed by atoms with Crippen molar-refractivity contribution in [1.29, 1.82) is 0 Å². The predicted molar refractivity (Wildman–Crippen MR) is 116 cm³/mol. The molecule has 0 atom stereocenters. The fourth-order valence-electron chi connectivity index (χ4n) is 3.93. The monoisotopic (exact) mass is 448 g/mol. The van der Waals surface area contributed by atoms with E-state index in [1.54, 1.807) is 6.20 Å². The summed E-state index contributed by atoms with van der Waals surface area (Å²) in [6, 6.07) is 6.94. The van der Waals surface area contributed by atoms with Crippen LogP contribution in [0.25, 0.3) is 22.2 Å². The second-order valence-electron chi connectivity index (χ2n) is 7.32. The summed E-state index contributed by atoms with van der Waals surface area (Å²) in [4.78, 5) is 7.58. The lowest BCUT2D eigenvalue weighted by atomic mass is 10.0. The van der Waals surface area contributed by atoms with Crippen LogP contribution in [0.15, 0.2) is 42.7 Å². The van der Waals surface area contributed by atoms with E-state index in [1.165, 1.54) is 12.1 Å². The van der Waals surface area contributed by atoms with E-state index in [-0.39, 0.29) is 12.4 Å². The highest BCUT2D eigenvalue weighted by molar-refractivity contribution is 5.99. The SMILES string of the molecule is Cc1c[nH]c2nccc(-c3c(Nc4ccc(C(F)(F)F)cc4)nn4c3CNCC4)c12.Cl. The highest BCUT2D eigenvalue weighted by atomic mass is 35.5. The van der Waals surface area contributed by atoms with Crippen LogP contribution in [0, 0.1) is 6.92 Å². The lowest BCUT2D eigenvalue weighted by molar-refractivity contribution is -0.137. The third-order valence-electron chi connectivity index (χ3n) is 5.37. The Hall–Kier alpha value is -3.04. The number of aromatic nitrogens is 4. The average Bonchev–Trinajstić information content (AvgIpc) is 3.28. The van der Waals surface area contributed by atoms with Gasteiger partial charge in [0.05, 0.1) is 17.8 Å². The molecule has 4 heterocycles. The Morgan fingerprint density at radius 1 is 1.13 bits per heavy atom. The van der Waals surface area contributed by atoms with Crippen molar-refractivity contribution in [3.8, 4) is 11.1 Å². The van der Waals surface area contributed by atoms with Gasteiger partial charge in [0.15, 0.2) is 5.82 Å². The van der Waals surface area contributed by atoms with Crippen LogP contribution in [0.4, 0.5) is 24.7 Å². The first-order valence-corrected chi connectivity index (χ1v) is 9.59. The second-order valence-corrected chi connectivity index (χ2v) is 7.32.